The van der Waals surface area contributed by atoms with E-state index in [-0.39, 0.29) is 5.56 Å². The van der Waals surface area contributed by atoms with E-state index in [2.05, 4.69) is 11.8 Å². The van der Waals surface area contributed by atoms with Gasteiger partial charge < -0.3 is 0 Å². The fraction of sp³-hybridized carbons (Fsp3) is 0.562. The van der Waals surface area contributed by atoms with Crippen LogP contribution in [0.4, 0.5) is 4.39 Å². The van der Waals surface area contributed by atoms with Crippen molar-refractivity contribution in [1.82, 2.24) is 4.90 Å². The van der Waals surface area contributed by atoms with Crippen LogP contribution in [0.15, 0.2) is 18.2 Å². The number of nitrogens with zero attached hydrogens (tertiary/aromatic N) is 2. The molecule has 0 spiro atoms. The number of benzene rings is 1. The lowest BCUT2D eigenvalue weighted by molar-refractivity contribution is 0.272. The monoisotopic (exact) mass is 260 g/mol. The van der Waals surface area contributed by atoms with Gasteiger partial charge in [-0.3, -0.25) is 4.90 Å². The minimum absolute atomic E-state index is 0.152. The van der Waals surface area contributed by atoms with Crippen molar-refractivity contribution in [2.24, 2.45) is 5.92 Å². The molecule has 0 amide bonds. The zero-order valence-corrected chi connectivity index (χ0v) is 11.5. The largest absolute Gasteiger partial charge is 0.299 e. The molecule has 1 unspecified atom stereocenters. The van der Waals surface area contributed by atoms with E-state index >= 15 is 0 Å². The van der Waals surface area contributed by atoms with E-state index in [0.717, 1.165) is 31.1 Å². The molecule has 1 saturated heterocycles. The molecule has 2 rings (SSSR count). The molecule has 1 fully saturated rings. The zero-order chi connectivity index (χ0) is 13.7. The summed E-state index contributed by atoms with van der Waals surface area (Å²) >= 11 is 0. The Morgan fingerprint density at radius 2 is 2.21 bits per heavy atom. The minimum Gasteiger partial charge on any atom is -0.299 e. The summed E-state index contributed by atoms with van der Waals surface area (Å²) < 4.78 is 13.3. The van der Waals surface area contributed by atoms with Crippen LogP contribution in [0.2, 0.25) is 0 Å². The highest BCUT2D eigenvalue weighted by Gasteiger charge is 2.16. The van der Waals surface area contributed by atoms with Crippen LogP contribution in [0.5, 0.6) is 0 Å². The summed E-state index contributed by atoms with van der Waals surface area (Å²) in [5.41, 5.74) is 1.19. The van der Waals surface area contributed by atoms with Crippen LogP contribution in [0.3, 0.4) is 0 Å². The van der Waals surface area contributed by atoms with Crippen molar-refractivity contribution in [2.45, 2.75) is 39.2 Å². The molecule has 0 N–H and O–H groups in total. The summed E-state index contributed by atoms with van der Waals surface area (Å²) in [6, 6.07) is 6.78. The highest BCUT2D eigenvalue weighted by molar-refractivity contribution is 5.34. The maximum absolute atomic E-state index is 13.3. The van der Waals surface area contributed by atoms with Gasteiger partial charge in [-0.1, -0.05) is 19.4 Å². The lowest BCUT2D eigenvalue weighted by Gasteiger charge is -2.20. The van der Waals surface area contributed by atoms with Crippen molar-refractivity contribution in [3.8, 4) is 6.07 Å². The Morgan fingerprint density at radius 1 is 1.37 bits per heavy atom. The predicted octanol–water partition coefficient (Wildman–Crippen LogP) is 3.71. The second-order valence-electron chi connectivity index (χ2n) is 5.41. The standard InChI is InChI=1S/C16H21FN2/c1-2-13-4-3-8-19(9-7-13)12-14-5-6-16(17)15(10-14)11-18/h5-6,10,13H,2-4,7-9,12H2,1H3. The molecule has 3 heteroatoms. The van der Waals surface area contributed by atoms with Gasteiger partial charge in [0.2, 0.25) is 0 Å². The van der Waals surface area contributed by atoms with E-state index in [1.165, 1.54) is 31.7 Å². The van der Waals surface area contributed by atoms with Gasteiger partial charge in [-0.15, -0.1) is 0 Å². The third-order valence-corrected chi connectivity index (χ3v) is 4.08. The van der Waals surface area contributed by atoms with Crippen molar-refractivity contribution in [1.29, 1.82) is 5.26 Å². The van der Waals surface area contributed by atoms with Gasteiger partial charge in [0.05, 0.1) is 5.56 Å². The minimum atomic E-state index is -0.423. The first-order valence-corrected chi connectivity index (χ1v) is 7.13. The number of rotatable bonds is 3. The summed E-state index contributed by atoms with van der Waals surface area (Å²) in [4.78, 5) is 2.42. The first-order chi connectivity index (χ1) is 9.22. The third kappa shape index (κ3) is 3.78. The molecular formula is C16H21FN2. The zero-order valence-electron chi connectivity index (χ0n) is 11.5. The Bertz CT molecular complexity index is 464. The third-order valence-electron chi connectivity index (χ3n) is 4.08. The molecule has 2 nitrogen and oxygen atoms in total. The Balaban J connectivity index is 1.99. The quantitative estimate of drug-likeness (QED) is 0.828. The van der Waals surface area contributed by atoms with Crippen molar-refractivity contribution >= 4 is 0 Å². The number of hydrogen-bond donors (Lipinski definition) is 0. The number of hydrogen-bond acceptors (Lipinski definition) is 2. The Morgan fingerprint density at radius 3 is 2.95 bits per heavy atom. The molecular weight excluding hydrogens is 239 g/mol. The molecule has 1 aromatic carbocycles. The van der Waals surface area contributed by atoms with Gasteiger partial charge in [-0.2, -0.15) is 5.26 Å². The maximum Gasteiger partial charge on any atom is 0.140 e. The highest BCUT2D eigenvalue weighted by Crippen LogP contribution is 2.21. The normalized spacial score (nSPS) is 20.8. The summed E-state index contributed by atoms with van der Waals surface area (Å²) in [7, 11) is 0. The van der Waals surface area contributed by atoms with Gasteiger partial charge in [-0.25, -0.2) is 4.39 Å². The SMILES string of the molecule is CCC1CCCN(Cc2ccc(F)c(C#N)c2)CC1. The van der Waals surface area contributed by atoms with E-state index < -0.39 is 5.82 Å². The van der Waals surface area contributed by atoms with Crippen LogP contribution in [0.1, 0.15) is 43.7 Å². The molecule has 0 aliphatic carbocycles. The van der Waals surface area contributed by atoms with Crippen LogP contribution in [0.25, 0.3) is 0 Å². The van der Waals surface area contributed by atoms with Crippen molar-refractivity contribution < 1.29 is 4.39 Å². The predicted molar refractivity (Wildman–Crippen MR) is 74.0 cm³/mol. The van der Waals surface area contributed by atoms with Gasteiger partial charge >= 0.3 is 0 Å². The number of nitriles is 1. The molecule has 1 heterocycles. The molecule has 1 aromatic rings. The van der Waals surface area contributed by atoms with E-state index in [9.17, 15) is 4.39 Å². The van der Waals surface area contributed by atoms with Crippen molar-refractivity contribution in [3.05, 3.63) is 35.1 Å². The fourth-order valence-corrected chi connectivity index (χ4v) is 2.81. The van der Waals surface area contributed by atoms with E-state index in [1.54, 1.807) is 12.1 Å². The van der Waals surface area contributed by atoms with Gasteiger partial charge in [0.25, 0.3) is 0 Å². The van der Waals surface area contributed by atoms with Crippen LogP contribution >= 0.6 is 0 Å². The molecule has 102 valence electrons. The van der Waals surface area contributed by atoms with Gasteiger partial charge in [0.1, 0.15) is 11.9 Å². The molecule has 1 aliphatic heterocycles. The maximum atomic E-state index is 13.3. The topological polar surface area (TPSA) is 27.0 Å². The highest BCUT2D eigenvalue weighted by atomic mass is 19.1. The average Bonchev–Trinajstić information content (AvgIpc) is 2.66. The molecule has 1 atom stereocenters. The fourth-order valence-electron chi connectivity index (χ4n) is 2.81. The molecule has 0 aromatic heterocycles. The Hall–Kier alpha value is -1.40. The summed E-state index contributed by atoms with van der Waals surface area (Å²) in [5, 5.41) is 8.86. The molecule has 0 saturated carbocycles. The molecule has 0 bridgehead atoms. The Kier molecular flexibility index (Phi) is 4.93. The first-order valence-electron chi connectivity index (χ1n) is 7.13. The lowest BCUT2D eigenvalue weighted by Crippen LogP contribution is -2.24. The van der Waals surface area contributed by atoms with Gasteiger partial charge in [0, 0.05) is 6.54 Å². The van der Waals surface area contributed by atoms with Crippen LogP contribution in [-0.2, 0) is 6.54 Å². The van der Waals surface area contributed by atoms with Gasteiger partial charge in [-0.05, 0) is 56.0 Å². The first kappa shape index (κ1) is 14.0. The second-order valence-corrected chi connectivity index (χ2v) is 5.41. The summed E-state index contributed by atoms with van der Waals surface area (Å²) in [6.07, 6.45) is 5.08. The van der Waals surface area contributed by atoms with E-state index in [1.807, 2.05) is 6.07 Å². The molecule has 19 heavy (non-hydrogen) atoms. The van der Waals surface area contributed by atoms with E-state index in [0.29, 0.717) is 0 Å². The molecule has 1 aliphatic rings. The number of halogens is 1. The van der Waals surface area contributed by atoms with E-state index in [4.69, 9.17) is 5.26 Å². The lowest BCUT2D eigenvalue weighted by atomic mass is 9.98. The summed E-state index contributed by atoms with van der Waals surface area (Å²) in [6.45, 7) is 5.30. The smallest absolute Gasteiger partial charge is 0.140 e. The average molecular weight is 260 g/mol. The van der Waals surface area contributed by atoms with Crippen molar-refractivity contribution in [2.75, 3.05) is 13.1 Å². The van der Waals surface area contributed by atoms with Crippen LogP contribution < -0.4 is 0 Å². The van der Waals surface area contributed by atoms with Crippen LogP contribution in [0, 0.1) is 23.1 Å². The Labute approximate surface area is 114 Å². The van der Waals surface area contributed by atoms with Crippen molar-refractivity contribution in [3.63, 3.8) is 0 Å². The van der Waals surface area contributed by atoms with Crippen LogP contribution in [-0.4, -0.2) is 18.0 Å². The second kappa shape index (κ2) is 6.68. The molecule has 0 radical (unpaired) electrons. The summed E-state index contributed by atoms with van der Waals surface area (Å²) in [5.74, 6) is 0.432. The number of likely N-dealkylation sites (tertiary alicyclic amines) is 1. The van der Waals surface area contributed by atoms with Gasteiger partial charge in [0.15, 0.2) is 0 Å².